The summed E-state index contributed by atoms with van der Waals surface area (Å²) < 4.78 is 39.6. The summed E-state index contributed by atoms with van der Waals surface area (Å²) in [5, 5.41) is 1.97. The van der Waals surface area contributed by atoms with E-state index in [0.29, 0.717) is 12.8 Å². The van der Waals surface area contributed by atoms with E-state index >= 15 is 0 Å². The predicted octanol–water partition coefficient (Wildman–Crippen LogP) is 4.70. The molecule has 40 heavy (non-hydrogen) atoms. The minimum Gasteiger partial charge on any atom is -0.467 e. The topological polar surface area (TPSA) is 72.5 Å². The van der Waals surface area contributed by atoms with Gasteiger partial charge in [0.05, 0.1) is 13.2 Å². The van der Waals surface area contributed by atoms with Gasteiger partial charge >= 0.3 is 5.97 Å². The van der Waals surface area contributed by atoms with Gasteiger partial charge in [0.1, 0.15) is 18.3 Å². The quantitative estimate of drug-likeness (QED) is 0.354. The third kappa shape index (κ3) is 4.57. The highest BCUT2D eigenvalue weighted by molar-refractivity contribution is 6.99. The molecule has 5 rings (SSSR count). The molecule has 0 amide bonds. The highest BCUT2D eigenvalue weighted by Gasteiger charge is 2.72. The monoisotopic (exact) mass is 568 g/mol. The molecule has 5 atom stereocenters. The van der Waals surface area contributed by atoms with Gasteiger partial charge in [-0.3, -0.25) is 0 Å². The Bertz CT molecular complexity index is 1150. The van der Waals surface area contributed by atoms with Gasteiger partial charge in [0.15, 0.2) is 17.2 Å². The van der Waals surface area contributed by atoms with Crippen molar-refractivity contribution in [1.29, 1.82) is 0 Å². The minimum atomic E-state index is -3.07. The average molecular weight is 569 g/mol. The molecule has 2 aliphatic heterocycles. The van der Waals surface area contributed by atoms with Gasteiger partial charge in [-0.05, 0) is 42.1 Å². The first-order valence-electron chi connectivity index (χ1n) is 14.5. The fourth-order valence-electron chi connectivity index (χ4n) is 7.04. The van der Waals surface area contributed by atoms with Crippen molar-refractivity contribution in [3.05, 3.63) is 60.7 Å². The minimum absolute atomic E-state index is 0.265. The number of carbonyl (C=O) groups excluding carboxylic acids is 1. The van der Waals surface area contributed by atoms with E-state index in [-0.39, 0.29) is 11.5 Å². The molecule has 0 N–H and O–H groups in total. The Morgan fingerprint density at radius 3 is 1.95 bits per heavy atom. The van der Waals surface area contributed by atoms with Crippen molar-refractivity contribution in [3.63, 3.8) is 0 Å². The predicted molar refractivity (Wildman–Crippen MR) is 155 cm³/mol. The van der Waals surface area contributed by atoms with Gasteiger partial charge in [0, 0.05) is 6.42 Å². The summed E-state index contributed by atoms with van der Waals surface area (Å²) in [4.78, 5) is 13.6. The zero-order valence-corrected chi connectivity index (χ0v) is 26.1. The van der Waals surface area contributed by atoms with Crippen LogP contribution in [0.2, 0.25) is 5.04 Å². The molecule has 7 nitrogen and oxygen atoms in total. The van der Waals surface area contributed by atoms with Crippen LogP contribution in [0.4, 0.5) is 0 Å². The molecule has 3 aliphatic rings. The van der Waals surface area contributed by atoms with E-state index in [0.717, 1.165) is 10.4 Å². The normalized spacial score (nSPS) is 30.9. The van der Waals surface area contributed by atoms with E-state index in [1.807, 2.05) is 26.0 Å². The highest BCUT2D eigenvalue weighted by Crippen LogP contribution is 2.53. The van der Waals surface area contributed by atoms with Crippen LogP contribution in [0.5, 0.6) is 0 Å². The zero-order valence-electron chi connectivity index (χ0n) is 25.1. The standard InChI is InChI=1S/C32H44O7Si/c1-9-31(10-2)35-24-21-32(28(33)34-8)27(37-30(6,7)39-32)26(25(24)36-31)38-40(29(3,4)5,22-17-13-11-14-18-22)23-19-15-12-16-20-23/h11-20,24-27H,9-10,21H2,1-8H3/t24-,25-,26-,27+,32-/m1/s1. The van der Waals surface area contributed by atoms with E-state index in [1.54, 1.807) is 0 Å². The first-order chi connectivity index (χ1) is 18.9. The Hall–Kier alpha value is -2.07. The third-order valence-corrected chi connectivity index (χ3v) is 13.9. The maximum Gasteiger partial charge on any atom is 0.341 e. The van der Waals surface area contributed by atoms with Crippen LogP contribution in [-0.2, 0) is 32.9 Å². The van der Waals surface area contributed by atoms with Gasteiger partial charge in [0.2, 0.25) is 0 Å². The number of hydrogen-bond donors (Lipinski definition) is 0. The lowest BCUT2D eigenvalue weighted by atomic mass is 9.77. The van der Waals surface area contributed by atoms with E-state index in [4.69, 9.17) is 28.1 Å². The van der Waals surface area contributed by atoms with Crippen molar-refractivity contribution in [3.8, 4) is 0 Å². The molecule has 0 aromatic heterocycles. The zero-order chi connectivity index (χ0) is 29.0. The maximum atomic E-state index is 13.6. The number of ether oxygens (including phenoxy) is 5. The number of hydrogen-bond acceptors (Lipinski definition) is 7. The number of benzene rings is 2. The smallest absolute Gasteiger partial charge is 0.341 e. The first-order valence-corrected chi connectivity index (χ1v) is 16.4. The summed E-state index contributed by atoms with van der Waals surface area (Å²) in [6.07, 6.45) is -0.702. The first kappa shape index (κ1) is 29.4. The van der Waals surface area contributed by atoms with Gasteiger partial charge in [-0.25, -0.2) is 4.79 Å². The van der Waals surface area contributed by atoms with Gasteiger partial charge < -0.3 is 28.1 Å². The molecular formula is C32H44O7Si. The molecule has 1 saturated carbocycles. The van der Waals surface area contributed by atoms with Crippen LogP contribution in [0.25, 0.3) is 0 Å². The molecule has 2 aromatic rings. The fraction of sp³-hybridized carbons (Fsp3) is 0.594. The second kappa shape index (κ2) is 10.3. The average Bonchev–Trinajstić information content (AvgIpc) is 3.45. The summed E-state index contributed by atoms with van der Waals surface area (Å²) in [7, 11) is -1.68. The summed E-state index contributed by atoms with van der Waals surface area (Å²) >= 11 is 0. The van der Waals surface area contributed by atoms with Crippen LogP contribution in [0.15, 0.2) is 60.7 Å². The lowest BCUT2D eigenvalue weighted by Gasteiger charge is -2.50. The number of fused-ring (bicyclic) bond motifs is 2. The Morgan fingerprint density at radius 1 is 0.925 bits per heavy atom. The number of carbonyl (C=O) groups is 1. The molecule has 2 aromatic carbocycles. The van der Waals surface area contributed by atoms with E-state index in [1.165, 1.54) is 7.11 Å². The van der Waals surface area contributed by atoms with Crippen LogP contribution in [-0.4, -0.2) is 63.0 Å². The second-order valence-electron chi connectivity index (χ2n) is 12.7. The van der Waals surface area contributed by atoms with Crippen molar-refractivity contribution in [2.24, 2.45) is 0 Å². The molecule has 8 heteroatoms. The van der Waals surface area contributed by atoms with E-state index in [2.05, 4.69) is 83.1 Å². The number of methoxy groups -OCH3 is 1. The van der Waals surface area contributed by atoms with Crippen LogP contribution >= 0.6 is 0 Å². The van der Waals surface area contributed by atoms with Crippen LogP contribution in [0.3, 0.4) is 0 Å². The number of rotatable bonds is 7. The van der Waals surface area contributed by atoms with Crippen molar-refractivity contribution in [2.75, 3.05) is 7.11 Å². The van der Waals surface area contributed by atoms with Gasteiger partial charge in [-0.2, -0.15) is 0 Å². The van der Waals surface area contributed by atoms with Gasteiger partial charge in [-0.1, -0.05) is 95.3 Å². The number of esters is 1. The summed E-state index contributed by atoms with van der Waals surface area (Å²) in [6, 6.07) is 20.9. The molecule has 0 radical (unpaired) electrons. The lowest BCUT2D eigenvalue weighted by molar-refractivity contribution is -0.201. The molecule has 3 fully saturated rings. The molecule has 0 spiro atoms. The molecule has 2 heterocycles. The van der Waals surface area contributed by atoms with E-state index < -0.39 is 55.9 Å². The fourth-order valence-corrected chi connectivity index (χ4v) is 11.7. The van der Waals surface area contributed by atoms with Gasteiger partial charge in [-0.15, -0.1) is 0 Å². The van der Waals surface area contributed by atoms with Gasteiger partial charge in [0.25, 0.3) is 8.32 Å². The van der Waals surface area contributed by atoms with Crippen LogP contribution in [0.1, 0.15) is 67.7 Å². The SMILES string of the molecule is CCC1(CC)O[C@H]2[C@@H](O[Si](c3ccccc3)(c3ccccc3)C(C)(C)C)[C@@H]3OC(C)(C)O[C@]3(C(=O)OC)C[C@H]2O1. The van der Waals surface area contributed by atoms with Crippen LogP contribution in [0, 0.1) is 0 Å². The van der Waals surface area contributed by atoms with Crippen molar-refractivity contribution < 1.29 is 32.9 Å². The van der Waals surface area contributed by atoms with Crippen molar-refractivity contribution >= 4 is 24.7 Å². The Morgan fingerprint density at radius 2 is 1.48 bits per heavy atom. The lowest BCUT2D eigenvalue weighted by Crippen LogP contribution is -2.73. The third-order valence-electron chi connectivity index (χ3n) is 8.85. The molecule has 2 saturated heterocycles. The van der Waals surface area contributed by atoms with E-state index in [9.17, 15) is 4.79 Å². The molecule has 0 unspecified atom stereocenters. The maximum absolute atomic E-state index is 13.6. The largest absolute Gasteiger partial charge is 0.467 e. The van der Waals surface area contributed by atoms with Crippen molar-refractivity contribution in [1.82, 2.24) is 0 Å². The highest BCUT2D eigenvalue weighted by atomic mass is 28.4. The summed E-state index contributed by atoms with van der Waals surface area (Å²) in [6.45, 7) is 14.5. The molecule has 218 valence electrons. The summed E-state index contributed by atoms with van der Waals surface area (Å²) in [5.74, 6) is -2.28. The summed E-state index contributed by atoms with van der Waals surface area (Å²) in [5.41, 5.74) is -1.39. The van der Waals surface area contributed by atoms with Crippen LogP contribution < -0.4 is 10.4 Å². The Kier molecular flexibility index (Phi) is 7.60. The molecular weight excluding hydrogens is 524 g/mol. The Labute approximate surface area is 239 Å². The molecule has 1 aliphatic carbocycles. The Balaban J connectivity index is 1.73. The molecule has 0 bridgehead atoms. The van der Waals surface area contributed by atoms with Crippen molar-refractivity contribution in [2.45, 2.75) is 114 Å². The second-order valence-corrected chi connectivity index (χ2v) is 17.0.